The molecule has 1 atom stereocenters. The third-order valence-corrected chi connectivity index (χ3v) is 1.67. The van der Waals surface area contributed by atoms with Gasteiger partial charge in [-0.1, -0.05) is 20.8 Å². The lowest BCUT2D eigenvalue weighted by molar-refractivity contribution is -0.152. The second kappa shape index (κ2) is 6.89. The molecule has 3 heteroatoms. The molecule has 0 fully saturated rings. The van der Waals surface area contributed by atoms with Gasteiger partial charge < -0.3 is 9.47 Å². The molecular weight excluding hydrogens is 168 g/mol. The SMILES string of the molecule is CCC(=O)OC(COC)CC(C)C. The Morgan fingerprint density at radius 2 is 2.00 bits per heavy atom. The van der Waals surface area contributed by atoms with Crippen LogP contribution in [0.1, 0.15) is 33.6 Å². The highest BCUT2D eigenvalue weighted by molar-refractivity contribution is 5.69. The van der Waals surface area contributed by atoms with Gasteiger partial charge in [-0.2, -0.15) is 0 Å². The molecule has 0 spiro atoms. The number of esters is 1. The molecule has 0 radical (unpaired) electrons. The van der Waals surface area contributed by atoms with Gasteiger partial charge in [-0.3, -0.25) is 4.79 Å². The maximum Gasteiger partial charge on any atom is 0.305 e. The third-order valence-electron chi connectivity index (χ3n) is 1.67. The highest BCUT2D eigenvalue weighted by atomic mass is 16.6. The third kappa shape index (κ3) is 6.58. The fourth-order valence-electron chi connectivity index (χ4n) is 1.13. The van der Waals surface area contributed by atoms with Crippen LogP contribution in [-0.4, -0.2) is 25.8 Å². The summed E-state index contributed by atoms with van der Waals surface area (Å²) >= 11 is 0. The van der Waals surface area contributed by atoms with Gasteiger partial charge in [0.2, 0.25) is 0 Å². The zero-order valence-corrected chi connectivity index (χ0v) is 9.00. The van der Waals surface area contributed by atoms with Crippen LogP contribution in [0.4, 0.5) is 0 Å². The van der Waals surface area contributed by atoms with E-state index in [4.69, 9.17) is 9.47 Å². The first-order chi connectivity index (χ1) is 6.10. The minimum atomic E-state index is -0.150. The number of hydrogen-bond donors (Lipinski definition) is 0. The van der Waals surface area contributed by atoms with Gasteiger partial charge >= 0.3 is 5.97 Å². The molecule has 0 aromatic rings. The van der Waals surface area contributed by atoms with Crippen LogP contribution in [0, 0.1) is 5.92 Å². The molecule has 0 aliphatic heterocycles. The van der Waals surface area contributed by atoms with Crippen molar-refractivity contribution in [3.05, 3.63) is 0 Å². The Balaban J connectivity index is 3.86. The molecular formula is C10H20O3. The summed E-state index contributed by atoms with van der Waals surface area (Å²) in [5.41, 5.74) is 0. The fourth-order valence-corrected chi connectivity index (χ4v) is 1.13. The summed E-state index contributed by atoms with van der Waals surface area (Å²) in [6, 6.07) is 0. The smallest absolute Gasteiger partial charge is 0.305 e. The molecule has 0 bridgehead atoms. The van der Waals surface area contributed by atoms with Crippen LogP contribution in [0.5, 0.6) is 0 Å². The van der Waals surface area contributed by atoms with Crippen molar-refractivity contribution in [2.75, 3.05) is 13.7 Å². The average Bonchev–Trinajstić information content (AvgIpc) is 2.03. The summed E-state index contributed by atoms with van der Waals surface area (Å²) in [4.78, 5) is 11.0. The first-order valence-electron chi connectivity index (χ1n) is 4.78. The Labute approximate surface area is 80.4 Å². The second-order valence-electron chi connectivity index (χ2n) is 3.55. The highest BCUT2D eigenvalue weighted by Gasteiger charge is 2.14. The number of carbonyl (C=O) groups is 1. The van der Waals surface area contributed by atoms with Gasteiger partial charge in [0, 0.05) is 13.5 Å². The van der Waals surface area contributed by atoms with E-state index in [-0.39, 0.29) is 12.1 Å². The Bertz CT molecular complexity index is 143. The van der Waals surface area contributed by atoms with Crippen LogP contribution in [0.25, 0.3) is 0 Å². The molecule has 0 heterocycles. The van der Waals surface area contributed by atoms with Crippen LogP contribution in [0.2, 0.25) is 0 Å². The Morgan fingerprint density at radius 1 is 1.38 bits per heavy atom. The lowest BCUT2D eigenvalue weighted by Gasteiger charge is -2.18. The standard InChI is InChI=1S/C10H20O3/c1-5-10(11)13-9(7-12-4)6-8(2)3/h8-9H,5-7H2,1-4H3. The van der Waals surface area contributed by atoms with Crippen molar-refractivity contribution in [2.24, 2.45) is 5.92 Å². The van der Waals surface area contributed by atoms with E-state index in [1.807, 2.05) is 0 Å². The lowest BCUT2D eigenvalue weighted by Crippen LogP contribution is -2.24. The molecule has 0 N–H and O–H groups in total. The summed E-state index contributed by atoms with van der Waals surface area (Å²) < 4.78 is 10.2. The normalized spacial score (nSPS) is 13.0. The van der Waals surface area contributed by atoms with Crippen molar-refractivity contribution in [3.8, 4) is 0 Å². The van der Waals surface area contributed by atoms with Crippen LogP contribution in [0.3, 0.4) is 0 Å². The molecule has 1 unspecified atom stereocenters. The van der Waals surface area contributed by atoms with Gasteiger partial charge in [0.1, 0.15) is 6.10 Å². The van der Waals surface area contributed by atoms with Crippen molar-refractivity contribution in [3.63, 3.8) is 0 Å². The maximum atomic E-state index is 11.0. The van der Waals surface area contributed by atoms with E-state index in [2.05, 4.69) is 13.8 Å². The van der Waals surface area contributed by atoms with E-state index in [1.165, 1.54) is 0 Å². The van der Waals surface area contributed by atoms with E-state index in [1.54, 1.807) is 14.0 Å². The van der Waals surface area contributed by atoms with Crippen LogP contribution < -0.4 is 0 Å². The van der Waals surface area contributed by atoms with E-state index >= 15 is 0 Å². The second-order valence-corrected chi connectivity index (χ2v) is 3.55. The number of carbonyl (C=O) groups excluding carboxylic acids is 1. The van der Waals surface area contributed by atoms with Gasteiger partial charge in [-0.05, 0) is 12.3 Å². The summed E-state index contributed by atoms with van der Waals surface area (Å²) in [5, 5.41) is 0. The van der Waals surface area contributed by atoms with Crippen molar-refractivity contribution < 1.29 is 14.3 Å². The molecule has 0 saturated carbocycles. The summed E-state index contributed by atoms with van der Waals surface area (Å²) in [6.07, 6.45) is 1.20. The fraction of sp³-hybridized carbons (Fsp3) is 0.900. The van der Waals surface area contributed by atoms with Crippen molar-refractivity contribution in [1.82, 2.24) is 0 Å². The first kappa shape index (κ1) is 12.4. The lowest BCUT2D eigenvalue weighted by atomic mass is 10.1. The molecule has 0 aromatic carbocycles. The van der Waals surface area contributed by atoms with Crippen LogP contribution in [0.15, 0.2) is 0 Å². The summed E-state index contributed by atoms with van der Waals surface area (Å²) in [5.74, 6) is 0.368. The topological polar surface area (TPSA) is 35.5 Å². The van der Waals surface area contributed by atoms with Crippen LogP contribution in [-0.2, 0) is 14.3 Å². The molecule has 78 valence electrons. The monoisotopic (exact) mass is 188 g/mol. The Kier molecular flexibility index (Phi) is 6.59. The minimum absolute atomic E-state index is 0.0857. The predicted octanol–water partition coefficient (Wildman–Crippen LogP) is 2.00. The number of hydrogen-bond acceptors (Lipinski definition) is 3. The van der Waals surface area contributed by atoms with E-state index in [9.17, 15) is 4.79 Å². The molecule has 0 aliphatic rings. The molecule has 0 saturated heterocycles. The van der Waals surface area contributed by atoms with Crippen molar-refractivity contribution in [2.45, 2.75) is 39.7 Å². The van der Waals surface area contributed by atoms with E-state index in [0.29, 0.717) is 18.9 Å². The first-order valence-corrected chi connectivity index (χ1v) is 4.78. The number of ether oxygens (including phenoxy) is 2. The number of rotatable bonds is 6. The van der Waals surface area contributed by atoms with Gasteiger partial charge in [-0.25, -0.2) is 0 Å². The van der Waals surface area contributed by atoms with E-state index in [0.717, 1.165) is 6.42 Å². The molecule has 0 rings (SSSR count). The molecule has 3 nitrogen and oxygen atoms in total. The summed E-state index contributed by atoms with van der Waals surface area (Å²) in [7, 11) is 1.62. The molecule has 13 heavy (non-hydrogen) atoms. The zero-order chi connectivity index (χ0) is 10.3. The number of methoxy groups -OCH3 is 1. The van der Waals surface area contributed by atoms with Crippen molar-refractivity contribution in [1.29, 1.82) is 0 Å². The Morgan fingerprint density at radius 3 is 2.38 bits per heavy atom. The van der Waals surface area contributed by atoms with E-state index < -0.39 is 0 Å². The Hall–Kier alpha value is -0.570. The predicted molar refractivity (Wildman–Crippen MR) is 51.5 cm³/mol. The molecule has 0 aliphatic carbocycles. The van der Waals surface area contributed by atoms with Crippen molar-refractivity contribution >= 4 is 5.97 Å². The minimum Gasteiger partial charge on any atom is -0.460 e. The highest BCUT2D eigenvalue weighted by Crippen LogP contribution is 2.09. The quantitative estimate of drug-likeness (QED) is 0.598. The van der Waals surface area contributed by atoms with Gasteiger partial charge in [0.05, 0.1) is 6.61 Å². The van der Waals surface area contributed by atoms with Gasteiger partial charge in [-0.15, -0.1) is 0 Å². The zero-order valence-electron chi connectivity index (χ0n) is 9.00. The summed E-state index contributed by atoms with van der Waals surface area (Å²) in [6.45, 7) is 6.48. The maximum absolute atomic E-state index is 11.0. The van der Waals surface area contributed by atoms with Gasteiger partial charge in [0.15, 0.2) is 0 Å². The average molecular weight is 188 g/mol. The largest absolute Gasteiger partial charge is 0.460 e. The van der Waals surface area contributed by atoms with Crippen LogP contribution >= 0.6 is 0 Å². The molecule has 0 aromatic heterocycles. The van der Waals surface area contributed by atoms with Gasteiger partial charge in [0.25, 0.3) is 0 Å². The molecule has 0 amide bonds.